The SMILES string of the molecule is Cc1ccc(N([C@H](C)C(=O)N(C)Cc2nc(-c3cccs3)no2)S(C)(=O)=O)cc1. The van der Waals surface area contributed by atoms with Gasteiger partial charge in [0.15, 0.2) is 0 Å². The number of rotatable bonds is 7. The van der Waals surface area contributed by atoms with Crippen molar-refractivity contribution >= 4 is 33.0 Å². The summed E-state index contributed by atoms with van der Waals surface area (Å²) in [6.07, 6.45) is 1.09. The van der Waals surface area contributed by atoms with Crippen LogP contribution in [0.25, 0.3) is 10.7 Å². The van der Waals surface area contributed by atoms with Crippen LogP contribution in [-0.2, 0) is 21.4 Å². The van der Waals surface area contributed by atoms with E-state index >= 15 is 0 Å². The standard InChI is InChI=1S/C19H22N4O4S2/c1-13-7-9-15(10-8-13)23(29(4,25)26)14(2)19(24)22(3)12-17-20-18(21-27-17)16-6-5-11-28-16/h5-11,14H,12H2,1-4H3/t14-/m1/s1. The number of thiophene rings is 1. The average Bonchev–Trinajstić information content (AvgIpc) is 3.33. The van der Waals surface area contributed by atoms with E-state index in [9.17, 15) is 13.2 Å². The maximum Gasteiger partial charge on any atom is 0.246 e. The zero-order valence-corrected chi connectivity index (χ0v) is 18.2. The lowest BCUT2D eigenvalue weighted by Crippen LogP contribution is -2.48. The number of aryl methyl sites for hydroxylation is 1. The summed E-state index contributed by atoms with van der Waals surface area (Å²) in [7, 11) is -2.10. The highest BCUT2D eigenvalue weighted by Crippen LogP contribution is 2.23. The first-order valence-corrected chi connectivity index (χ1v) is 11.6. The fourth-order valence-electron chi connectivity index (χ4n) is 2.92. The largest absolute Gasteiger partial charge is 0.337 e. The molecule has 0 aliphatic rings. The van der Waals surface area contributed by atoms with Crippen molar-refractivity contribution in [1.82, 2.24) is 15.0 Å². The van der Waals surface area contributed by atoms with Crippen LogP contribution in [0.5, 0.6) is 0 Å². The van der Waals surface area contributed by atoms with Crippen molar-refractivity contribution in [3.05, 3.63) is 53.2 Å². The van der Waals surface area contributed by atoms with E-state index in [1.54, 1.807) is 38.2 Å². The van der Waals surface area contributed by atoms with Crippen LogP contribution < -0.4 is 4.31 Å². The molecular weight excluding hydrogens is 412 g/mol. The monoisotopic (exact) mass is 434 g/mol. The third kappa shape index (κ3) is 4.83. The van der Waals surface area contributed by atoms with Crippen molar-refractivity contribution in [2.75, 3.05) is 17.6 Å². The minimum Gasteiger partial charge on any atom is -0.337 e. The van der Waals surface area contributed by atoms with Crippen molar-refractivity contribution in [1.29, 1.82) is 0 Å². The van der Waals surface area contributed by atoms with Crippen LogP contribution in [-0.4, -0.2) is 48.7 Å². The van der Waals surface area contributed by atoms with Gasteiger partial charge < -0.3 is 9.42 Å². The maximum atomic E-state index is 12.9. The number of amides is 1. The third-order valence-electron chi connectivity index (χ3n) is 4.31. The second-order valence-corrected chi connectivity index (χ2v) is 9.56. The fourth-order valence-corrected chi connectivity index (χ4v) is 4.74. The van der Waals surface area contributed by atoms with Gasteiger partial charge in [-0.2, -0.15) is 4.98 Å². The Morgan fingerprint density at radius 3 is 2.52 bits per heavy atom. The normalized spacial score (nSPS) is 12.6. The molecule has 154 valence electrons. The molecule has 2 aromatic heterocycles. The van der Waals surface area contributed by atoms with Gasteiger partial charge in [-0.05, 0) is 37.4 Å². The predicted molar refractivity (Wildman–Crippen MR) is 112 cm³/mol. The molecule has 0 unspecified atom stereocenters. The Bertz CT molecular complexity index is 1080. The molecule has 0 saturated heterocycles. The molecule has 29 heavy (non-hydrogen) atoms. The Balaban J connectivity index is 1.77. The average molecular weight is 435 g/mol. The van der Waals surface area contributed by atoms with E-state index in [4.69, 9.17) is 4.52 Å². The molecular formula is C19H22N4O4S2. The molecule has 0 N–H and O–H groups in total. The number of nitrogens with zero attached hydrogens (tertiary/aromatic N) is 4. The molecule has 3 aromatic rings. The summed E-state index contributed by atoms with van der Waals surface area (Å²) in [5, 5.41) is 5.84. The van der Waals surface area contributed by atoms with Gasteiger partial charge in [0.25, 0.3) is 0 Å². The van der Waals surface area contributed by atoms with Crippen LogP contribution in [0.4, 0.5) is 5.69 Å². The summed E-state index contributed by atoms with van der Waals surface area (Å²) in [4.78, 5) is 19.5. The molecule has 0 fully saturated rings. The first-order valence-electron chi connectivity index (χ1n) is 8.84. The van der Waals surface area contributed by atoms with E-state index in [1.807, 2.05) is 24.4 Å². The number of carbonyl (C=O) groups excluding carboxylic acids is 1. The lowest BCUT2D eigenvalue weighted by molar-refractivity contribution is -0.131. The van der Waals surface area contributed by atoms with Gasteiger partial charge in [-0.25, -0.2) is 8.42 Å². The summed E-state index contributed by atoms with van der Waals surface area (Å²) < 4.78 is 31.1. The second-order valence-electron chi connectivity index (χ2n) is 6.75. The van der Waals surface area contributed by atoms with Crippen LogP contribution in [0, 0.1) is 6.92 Å². The number of carbonyl (C=O) groups is 1. The van der Waals surface area contributed by atoms with Crippen LogP contribution in [0.1, 0.15) is 18.4 Å². The summed E-state index contributed by atoms with van der Waals surface area (Å²) >= 11 is 1.49. The number of benzene rings is 1. The Hall–Kier alpha value is -2.72. The Morgan fingerprint density at radius 2 is 1.93 bits per heavy atom. The van der Waals surface area contributed by atoms with Gasteiger partial charge in [-0.15, -0.1) is 11.3 Å². The molecule has 0 bridgehead atoms. The van der Waals surface area contributed by atoms with E-state index < -0.39 is 16.1 Å². The minimum atomic E-state index is -3.67. The zero-order chi connectivity index (χ0) is 21.2. The zero-order valence-electron chi connectivity index (χ0n) is 16.6. The summed E-state index contributed by atoms with van der Waals surface area (Å²) in [5.41, 5.74) is 1.43. The summed E-state index contributed by atoms with van der Waals surface area (Å²) in [6, 6.07) is 9.81. The van der Waals surface area contributed by atoms with Gasteiger partial charge in [0.1, 0.15) is 6.04 Å². The molecule has 8 nitrogen and oxygen atoms in total. The van der Waals surface area contributed by atoms with Crippen molar-refractivity contribution in [3.63, 3.8) is 0 Å². The number of hydrogen-bond acceptors (Lipinski definition) is 7. The van der Waals surface area contributed by atoms with Gasteiger partial charge in [0, 0.05) is 7.05 Å². The number of hydrogen-bond donors (Lipinski definition) is 0. The molecule has 0 saturated carbocycles. The second kappa shape index (κ2) is 8.34. The van der Waals surface area contributed by atoms with Gasteiger partial charge in [-0.3, -0.25) is 9.10 Å². The lowest BCUT2D eigenvalue weighted by atomic mass is 10.2. The summed E-state index contributed by atoms with van der Waals surface area (Å²) in [5.74, 6) is 0.353. The van der Waals surface area contributed by atoms with Crippen molar-refractivity contribution in [3.8, 4) is 10.7 Å². The molecule has 0 aliphatic carbocycles. The van der Waals surface area contributed by atoms with Crippen molar-refractivity contribution in [2.45, 2.75) is 26.4 Å². The molecule has 0 spiro atoms. The van der Waals surface area contributed by atoms with Gasteiger partial charge in [0.05, 0.1) is 23.4 Å². The van der Waals surface area contributed by atoms with Gasteiger partial charge in [-0.1, -0.05) is 28.9 Å². The topological polar surface area (TPSA) is 96.6 Å². The van der Waals surface area contributed by atoms with Crippen LogP contribution in [0.2, 0.25) is 0 Å². The lowest BCUT2D eigenvalue weighted by Gasteiger charge is -2.30. The number of anilines is 1. The highest BCUT2D eigenvalue weighted by molar-refractivity contribution is 7.92. The van der Waals surface area contributed by atoms with Gasteiger partial charge in [0.2, 0.25) is 27.6 Å². The molecule has 1 amide bonds. The Labute approximate surface area is 173 Å². The van der Waals surface area contributed by atoms with Crippen LogP contribution >= 0.6 is 11.3 Å². The highest BCUT2D eigenvalue weighted by Gasteiger charge is 2.31. The quantitative estimate of drug-likeness (QED) is 0.567. The highest BCUT2D eigenvalue weighted by atomic mass is 32.2. The van der Waals surface area contributed by atoms with Crippen LogP contribution in [0.3, 0.4) is 0 Å². The molecule has 1 aromatic carbocycles. The molecule has 0 aliphatic heterocycles. The molecule has 10 heteroatoms. The summed E-state index contributed by atoms with van der Waals surface area (Å²) in [6.45, 7) is 3.55. The van der Waals surface area contributed by atoms with E-state index in [2.05, 4.69) is 10.1 Å². The molecule has 1 atom stereocenters. The Kier molecular flexibility index (Phi) is 6.04. The van der Waals surface area contributed by atoms with E-state index in [-0.39, 0.29) is 18.3 Å². The van der Waals surface area contributed by atoms with E-state index in [1.165, 1.54) is 16.2 Å². The third-order valence-corrected chi connectivity index (χ3v) is 6.42. The van der Waals surface area contributed by atoms with Crippen LogP contribution in [0.15, 0.2) is 46.3 Å². The predicted octanol–water partition coefficient (Wildman–Crippen LogP) is 2.92. The van der Waals surface area contributed by atoms with E-state index in [0.29, 0.717) is 11.5 Å². The molecule has 0 radical (unpaired) electrons. The first-order chi connectivity index (χ1) is 13.7. The Morgan fingerprint density at radius 1 is 1.24 bits per heavy atom. The number of likely N-dealkylation sites (N-methyl/N-ethyl adjacent to an activating group) is 1. The number of sulfonamides is 1. The fraction of sp³-hybridized carbons (Fsp3) is 0.316. The van der Waals surface area contributed by atoms with E-state index in [0.717, 1.165) is 21.0 Å². The van der Waals surface area contributed by atoms with Crippen molar-refractivity contribution < 1.29 is 17.7 Å². The number of aromatic nitrogens is 2. The first kappa shape index (κ1) is 21.0. The molecule has 2 heterocycles. The minimum absolute atomic E-state index is 0.0764. The molecule has 3 rings (SSSR count). The maximum absolute atomic E-state index is 12.9. The van der Waals surface area contributed by atoms with Crippen molar-refractivity contribution in [2.24, 2.45) is 0 Å². The van der Waals surface area contributed by atoms with Gasteiger partial charge >= 0.3 is 0 Å². The smallest absolute Gasteiger partial charge is 0.246 e.